The maximum absolute atomic E-state index is 12.1. The zero-order valence-electron chi connectivity index (χ0n) is 11.8. The quantitative estimate of drug-likeness (QED) is 0.801. The molecule has 0 saturated carbocycles. The average Bonchev–Trinajstić information content (AvgIpc) is 2.41. The highest BCUT2D eigenvalue weighted by Gasteiger charge is 2.11. The average molecular weight is 327 g/mol. The van der Waals surface area contributed by atoms with Crippen molar-refractivity contribution in [2.45, 2.75) is 39.7 Å². The lowest BCUT2D eigenvalue weighted by Gasteiger charge is -2.22. The molecule has 0 aliphatic carbocycles. The third kappa shape index (κ3) is 6.10. The van der Waals surface area contributed by atoms with Crippen LogP contribution >= 0.6 is 15.9 Å². The van der Waals surface area contributed by atoms with Crippen LogP contribution in [-0.4, -0.2) is 24.0 Å². The summed E-state index contributed by atoms with van der Waals surface area (Å²) in [5.74, 6) is 0. The Balaban J connectivity index is 2.47. The van der Waals surface area contributed by atoms with E-state index in [4.69, 9.17) is 0 Å². The van der Waals surface area contributed by atoms with Gasteiger partial charge >= 0.3 is 6.03 Å². The summed E-state index contributed by atoms with van der Waals surface area (Å²) in [6.45, 7) is 6.48. The predicted molar refractivity (Wildman–Crippen MR) is 83.1 cm³/mol. The van der Waals surface area contributed by atoms with Gasteiger partial charge in [0.1, 0.15) is 0 Å². The number of nitrogens with one attached hydrogen (secondary N) is 1. The largest absolute Gasteiger partial charge is 0.334 e. The zero-order valence-corrected chi connectivity index (χ0v) is 13.4. The molecular weight excluding hydrogens is 304 g/mol. The summed E-state index contributed by atoms with van der Waals surface area (Å²) in [4.78, 5) is 14.0. The molecule has 0 bridgehead atoms. The maximum Gasteiger partial charge on any atom is 0.317 e. The molecule has 106 valence electrons. The summed E-state index contributed by atoms with van der Waals surface area (Å²) in [5.41, 5.74) is 1.11. The molecule has 0 unspecified atom stereocenters. The number of hydrogen-bond acceptors (Lipinski definition) is 1. The number of carbonyl (C=O) groups is 1. The maximum atomic E-state index is 12.1. The molecule has 1 aromatic rings. The van der Waals surface area contributed by atoms with Gasteiger partial charge in [-0.25, -0.2) is 4.79 Å². The normalized spacial score (nSPS) is 10.3. The first-order valence-electron chi connectivity index (χ1n) is 6.94. The Labute approximate surface area is 124 Å². The molecule has 0 aliphatic rings. The number of nitrogens with zero attached hydrogens (tertiary/aromatic N) is 1. The van der Waals surface area contributed by atoms with E-state index in [0.717, 1.165) is 42.4 Å². The lowest BCUT2D eigenvalue weighted by atomic mass is 10.2. The minimum atomic E-state index is 0.0373. The van der Waals surface area contributed by atoms with Crippen LogP contribution in [0.3, 0.4) is 0 Å². The van der Waals surface area contributed by atoms with Crippen LogP contribution in [0.25, 0.3) is 0 Å². The first-order valence-corrected chi connectivity index (χ1v) is 7.73. The van der Waals surface area contributed by atoms with Crippen molar-refractivity contribution >= 4 is 22.0 Å². The van der Waals surface area contributed by atoms with Gasteiger partial charge in [0.2, 0.25) is 0 Å². The topological polar surface area (TPSA) is 32.3 Å². The van der Waals surface area contributed by atoms with Crippen LogP contribution in [0.15, 0.2) is 28.7 Å². The Morgan fingerprint density at radius 2 is 2.05 bits per heavy atom. The van der Waals surface area contributed by atoms with Crippen LogP contribution in [0.4, 0.5) is 4.79 Å². The fourth-order valence-electron chi connectivity index (χ4n) is 1.87. The van der Waals surface area contributed by atoms with E-state index in [1.807, 2.05) is 29.2 Å². The van der Waals surface area contributed by atoms with Gasteiger partial charge in [-0.1, -0.05) is 48.3 Å². The molecule has 4 heteroatoms. The summed E-state index contributed by atoms with van der Waals surface area (Å²) < 4.78 is 1.04. The van der Waals surface area contributed by atoms with Gasteiger partial charge in [0.15, 0.2) is 0 Å². The third-order valence-electron chi connectivity index (χ3n) is 2.90. The van der Waals surface area contributed by atoms with Crippen LogP contribution < -0.4 is 5.32 Å². The molecule has 0 saturated heterocycles. The van der Waals surface area contributed by atoms with Crippen molar-refractivity contribution in [2.75, 3.05) is 13.1 Å². The highest BCUT2D eigenvalue weighted by molar-refractivity contribution is 9.10. The second-order valence-electron chi connectivity index (χ2n) is 4.63. The van der Waals surface area contributed by atoms with Crippen molar-refractivity contribution in [3.05, 3.63) is 34.3 Å². The Morgan fingerprint density at radius 3 is 2.68 bits per heavy atom. The van der Waals surface area contributed by atoms with Gasteiger partial charge in [0.05, 0.1) is 0 Å². The summed E-state index contributed by atoms with van der Waals surface area (Å²) in [6, 6.07) is 8.04. The molecule has 0 fully saturated rings. The summed E-state index contributed by atoms with van der Waals surface area (Å²) in [6.07, 6.45) is 3.16. The van der Waals surface area contributed by atoms with E-state index in [0.29, 0.717) is 6.54 Å². The highest BCUT2D eigenvalue weighted by atomic mass is 79.9. The van der Waals surface area contributed by atoms with E-state index in [9.17, 15) is 4.79 Å². The Morgan fingerprint density at radius 1 is 1.26 bits per heavy atom. The number of rotatable bonds is 7. The number of hydrogen-bond donors (Lipinski definition) is 1. The minimum absolute atomic E-state index is 0.0373. The van der Waals surface area contributed by atoms with E-state index in [1.165, 1.54) is 0 Å². The van der Waals surface area contributed by atoms with E-state index in [2.05, 4.69) is 35.1 Å². The molecule has 1 aromatic carbocycles. The lowest BCUT2D eigenvalue weighted by molar-refractivity contribution is 0.196. The molecule has 0 radical (unpaired) electrons. The molecule has 3 nitrogen and oxygen atoms in total. The SMILES string of the molecule is CCCCN(CCC)C(=O)NCc1cccc(Br)c1. The summed E-state index contributed by atoms with van der Waals surface area (Å²) in [7, 11) is 0. The molecule has 0 aliphatic heterocycles. The standard InChI is InChI=1S/C15H23BrN2O/c1-3-5-10-18(9-4-2)15(19)17-12-13-7-6-8-14(16)11-13/h6-8,11H,3-5,9-10,12H2,1-2H3,(H,17,19). The van der Waals surface area contributed by atoms with Gasteiger partial charge in [-0.15, -0.1) is 0 Å². The molecule has 0 atom stereocenters. The molecular formula is C15H23BrN2O. The summed E-state index contributed by atoms with van der Waals surface area (Å²) >= 11 is 3.43. The Bertz CT molecular complexity index is 395. The zero-order chi connectivity index (χ0) is 14.1. The van der Waals surface area contributed by atoms with E-state index in [-0.39, 0.29) is 6.03 Å². The first-order chi connectivity index (χ1) is 9.17. The van der Waals surface area contributed by atoms with Crippen molar-refractivity contribution < 1.29 is 4.79 Å². The molecule has 2 amide bonds. The Kier molecular flexibility index (Phi) is 7.56. The molecule has 1 rings (SSSR count). The van der Waals surface area contributed by atoms with Crippen LogP contribution in [0.5, 0.6) is 0 Å². The molecule has 0 aromatic heterocycles. The second kappa shape index (κ2) is 8.97. The van der Waals surface area contributed by atoms with E-state index < -0.39 is 0 Å². The van der Waals surface area contributed by atoms with Crippen molar-refractivity contribution in [3.63, 3.8) is 0 Å². The van der Waals surface area contributed by atoms with Crippen molar-refractivity contribution in [1.82, 2.24) is 10.2 Å². The smallest absolute Gasteiger partial charge is 0.317 e. The van der Waals surface area contributed by atoms with Crippen LogP contribution in [0.1, 0.15) is 38.7 Å². The van der Waals surface area contributed by atoms with Crippen LogP contribution in [0, 0.1) is 0 Å². The molecule has 1 N–H and O–H groups in total. The fraction of sp³-hybridized carbons (Fsp3) is 0.533. The fourth-order valence-corrected chi connectivity index (χ4v) is 2.32. The van der Waals surface area contributed by atoms with Gasteiger partial charge in [-0.05, 0) is 30.5 Å². The minimum Gasteiger partial charge on any atom is -0.334 e. The van der Waals surface area contributed by atoms with Crippen molar-refractivity contribution in [1.29, 1.82) is 0 Å². The number of urea groups is 1. The lowest BCUT2D eigenvalue weighted by Crippen LogP contribution is -2.40. The van der Waals surface area contributed by atoms with Crippen molar-refractivity contribution in [2.24, 2.45) is 0 Å². The van der Waals surface area contributed by atoms with Gasteiger partial charge in [0.25, 0.3) is 0 Å². The van der Waals surface area contributed by atoms with Gasteiger partial charge in [-0.2, -0.15) is 0 Å². The Hall–Kier alpha value is -1.03. The number of amides is 2. The molecule has 0 heterocycles. The van der Waals surface area contributed by atoms with Gasteiger partial charge in [0, 0.05) is 24.1 Å². The molecule has 0 spiro atoms. The second-order valence-corrected chi connectivity index (χ2v) is 5.54. The van der Waals surface area contributed by atoms with Crippen molar-refractivity contribution in [3.8, 4) is 0 Å². The predicted octanol–water partition coefficient (Wildman–Crippen LogP) is 4.17. The summed E-state index contributed by atoms with van der Waals surface area (Å²) in [5, 5.41) is 2.99. The van der Waals surface area contributed by atoms with Gasteiger partial charge < -0.3 is 10.2 Å². The molecule has 19 heavy (non-hydrogen) atoms. The van der Waals surface area contributed by atoms with Crippen LogP contribution in [-0.2, 0) is 6.54 Å². The number of carbonyl (C=O) groups excluding carboxylic acids is 1. The monoisotopic (exact) mass is 326 g/mol. The number of unbranched alkanes of at least 4 members (excludes halogenated alkanes) is 1. The van der Waals surface area contributed by atoms with Gasteiger partial charge in [-0.3, -0.25) is 0 Å². The first kappa shape index (κ1) is 16.0. The van der Waals surface area contributed by atoms with E-state index >= 15 is 0 Å². The third-order valence-corrected chi connectivity index (χ3v) is 3.39. The van der Waals surface area contributed by atoms with E-state index in [1.54, 1.807) is 0 Å². The van der Waals surface area contributed by atoms with Crippen LogP contribution in [0.2, 0.25) is 0 Å². The number of halogens is 1. The highest BCUT2D eigenvalue weighted by Crippen LogP contribution is 2.11. The number of benzene rings is 1.